The van der Waals surface area contributed by atoms with Crippen LogP contribution in [0.4, 0.5) is 4.39 Å². The maximum atomic E-state index is 13.9. The SMILES string of the molecule is CCc1ccc(C2=NO[C@@H](C[C@](C)(C(=O)NO)S(C)(=O)=O)C2)cc1F. The van der Waals surface area contributed by atoms with Gasteiger partial charge in [0.1, 0.15) is 11.9 Å². The van der Waals surface area contributed by atoms with E-state index in [1.54, 1.807) is 12.1 Å². The Kier molecular flexibility index (Phi) is 5.48. The van der Waals surface area contributed by atoms with Crippen LogP contribution in [0.25, 0.3) is 0 Å². The zero-order chi connectivity index (χ0) is 18.8. The first-order valence-corrected chi connectivity index (χ1v) is 9.67. The van der Waals surface area contributed by atoms with Crippen LogP contribution in [0.1, 0.15) is 37.8 Å². The molecule has 0 unspecified atom stereocenters. The molecule has 1 heterocycles. The van der Waals surface area contributed by atoms with Crippen molar-refractivity contribution in [3.63, 3.8) is 0 Å². The van der Waals surface area contributed by atoms with Gasteiger partial charge in [-0.1, -0.05) is 24.2 Å². The molecule has 1 amide bonds. The number of oxime groups is 1. The van der Waals surface area contributed by atoms with Crippen LogP contribution in [0.3, 0.4) is 0 Å². The number of rotatable bonds is 6. The zero-order valence-corrected chi connectivity index (χ0v) is 15.1. The third-order valence-electron chi connectivity index (χ3n) is 4.52. The summed E-state index contributed by atoms with van der Waals surface area (Å²) < 4.78 is 36.0. The van der Waals surface area contributed by atoms with Crippen LogP contribution in [-0.4, -0.2) is 42.4 Å². The Balaban J connectivity index is 2.16. The molecule has 0 aromatic heterocycles. The minimum absolute atomic E-state index is 0.194. The molecule has 9 heteroatoms. The van der Waals surface area contributed by atoms with Crippen LogP contribution in [0.5, 0.6) is 0 Å². The van der Waals surface area contributed by atoms with Crippen molar-refractivity contribution in [3.05, 3.63) is 35.1 Å². The molecule has 0 fully saturated rings. The van der Waals surface area contributed by atoms with Gasteiger partial charge < -0.3 is 4.84 Å². The van der Waals surface area contributed by atoms with Gasteiger partial charge in [-0.3, -0.25) is 10.0 Å². The number of nitrogens with one attached hydrogen (secondary N) is 1. The predicted molar refractivity (Wildman–Crippen MR) is 89.6 cm³/mol. The summed E-state index contributed by atoms with van der Waals surface area (Å²) in [5, 5.41) is 12.7. The Labute approximate surface area is 145 Å². The zero-order valence-electron chi connectivity index (χ0n) is 14.2. The van der Waals surface area contributed by atoms with Crippen molar-refractivity contribution in [2.45, 2.75) is 44.0 Å². The Morgan fingerprint density at radius 2 is 2.20 bits per heavy atom. The normalized spacial score (nSPS) is 19.7. The summed E-state index contributed by atoms with van der Waals surface area (Å²) in [6.07, 6.45) is 0.842. The fourth-order valence-corrected chi connectivity index (χ4v) is 3.56. The van der Waals surface area contributed by atoms with Crippen LogP contribution >= 0.6 is 0 Å². The van der Waals surface area contributed by atoms with Gasteiger partial charge in [-0.25, -0.2) is 18.3 Å². The third-order valence-corrected chi connectivity index (χ3v) is 6.51. The van der Waals surface area contributed by atoms with Crippen molar-refractivity contribution in [3.8, 4) is 0 Å². The van der Waals surface area contributed by atoms with Crippen molar-refractivity contribution in [2.24, 2.45) is 5.16 Å². The van der Waals surface area contributed by atoms with E-state index in [-0.39, 0.29) is 18.7 Å². The summed E-state index contributed by atoms with van der Waals surface area (Å²) in [5.74, 6) is -1.38. The number of halogens is 1. The second kappa shape index (κ2) is 7.09. The lowest BCUT2D eigenvalue weighted by molar-refractivity contribution is -0.132. The number of carbonyl (C=O) groups is 1. The summed E-state index contributed by atoms with van der Waals surface area (Å²) in [6, 6.07) is 4.75. The second-order valence-corrected chi connectivity index (χ2v) is 8.72. The minimum atomic E-state index is -3.82. The van der Waals surface area contributed by atoms with Crippen LogP contribution in [0, 0.1) is 5.82 Å². The van der Waals surface area contributed by atoms with Crippen molar-refractivity contribution >= 4 is 21.5 Å². The van der Waals surface area contributed by atoms with Gasteiger partial charge in [-0.05, 0) is 25.0 Å². The molecule has 7 nitrogen and oxygen atoms in total. The number of carbonyl (C=O) groups excluding carboxylic acids is 1. The molecule has 0 radical (unpaired) electrons. The van der Waals surface area contributed by atoms with Crippen LogP contribution in [0.15, 0.2) is 23.4 Å². The maximum Gasteiger partial charge on any atom is 0.264 e. The molecule has 25 heavy (non-hydrogen) atoms. The molecule has 0 aliphatic carbocycles. The van der Waals surface area contributed by atoms with Crippen molar-refractivity contribution < 1.29 is 27.6 Å². The molecule has 1 aliphatic heterocycles. The first-order valence-electron chi connectivity index (χ1n) is 7.78. The van der Waals surface area contributed by atoms with E-state index in [0.717, 1.165) is 6.26 Å². The van der Waals surface area contributed by atoms with Gasteiger partial charge in [0, 0.05) is 24.7 Å². The molecule has 1 aromatic carbocycles. The highest BCUT2D eigenvalue weighted by Crippen LogP contribution is 2.29. The number of nitrogens with zero attached hydrogens (tertiary/aromatic N) is 1. The molecule has 2 rings (SSSR count). The first kappa shape index (κ1) is 19.3. The largest absolute Gasteiger partial charge is 0.392 e. The molecular weight excluding hydrogens is 351 g/mol. The van der Waals surface area contributed by atoms with E-state index in [9.17, 15) is 17.6 Å². The number of benzene rings is 1. The van der Waals surface area contributed by atoms with Gasteiger partial charge in [0.25, 0.3) is 5.91 Å². The van der Waals surface area contributed by atoms with Crippen LogP contribution in [-0.2, 0) is 25.9 Å². The Hall–Kier alpha value is -2.00. The average Bonchev–Trinajstić information content (AvgIpc) is 3.01. The van der Waals surface area contributed by atoms with E-state index in [2.05, 4.69) is 5.16 Å². The quantitative estimate of drug-likeness (QED) is 0.583. The molecular formula is C16H21FN2O5S. The Morgan fingerprint density at radius 1 is 1.52 bits per heavy atom. The topological polar surface area (TPSA) is 105 Å². The highest BCUT2D eigenvalue weighted by Gasteiger charge is 2.47. The second-order valence-electron chi connectivity index (χ2n) is 6.28. The molecule has 138 valence electrons. The molecule has 0 bridgehead atoms. The predicted octanol–water partition coefficient (Wildman–Crippen LogP) is 1.58. The molecule has 0 saturated carbocycles. The van der Waals surface area contributed by atoms with E-state index < -0.39 is 26.6 Å². The van der Waals surface area contributed by atoms with Gasteiger partial charge in [0.15, 0.2) is 14.6 Å². The summed E-state index contributed by atoms with van der Waals surface area (Å²) >= 11 is 0. The highest BCUT2D eigenvalue weighted by molar-refractivity contribution is 7.92. The molecule has 1 aliphatic rings. The van der Waals surface area contributed by atoms with Gasteiger partial charge in [-0.2, -0.15) is 0 Å². The Morgan fingerprint density at radius 3 is 2.72 bits per heavy atom. The molecule has 0 spiro atoms. The summed E-state index contributed by atoms with van der Waals surface area (Å²) in [6.45, 7) is 3.06. The van der Waals surface area contributed by atoms with E-state index in [1.807, 2.05) is 6.92 Å². The van der Waals surface area contributed by atoms with Crippen molar-refractivity contribution in [2.75, 3.05) is 6.26 Å². The number of hydrogen-bond donors (Lipinski definition) is 2. The lowest BCUT2D eigenvalue weighted by Gasteiger charge is -2.26. The fraction of sp³-hybridized carbons (Fsp3) is 0.500. The standard InChI is InChI=1S/C16H21FN2O5S/c1-4-10-5-6-11(7-13(10)17)14-8-12(24-19-14)9-16(2,15(20)18-21)25(3,22)23/h5-7,12,21H,4,8-9H2,1-3H3,(H,18,20)/t12-,16-/m1/s1. The summed E-state index contributed by atoms with van der Waals surface area (Å²) in [5.41, 5.74) is 3.00. The molecule has 2 N–H and O–H groups in total. The number of amides is 1. The Bertz CT molecular complexity index is 809. The average molecular weight is 372 g/mol. The lowest BCUT2D eigenvalue weighted by Crippen LogP contribution is -2.51. The van der Waals surface area contributed by atoms with Gasteiger partial charge in [-0.15, -0.1) is 0 Å². The van der Waals surface area contributed by atoms with E-state index >= 15 is 0 Å². The first-order chi connectivity index (χ1) is 11.6. The number of hydroxylamine groups is 1. The van der Waals surface area contributed by atoms with E-state index in [4.69, 9.17) is 10.0 Å². The molecule has 2 atom stereocenters. The van der Waals surface area contributed by atoms with Crippen molar-refractivity contribution in [1.29, 1.82) is 0 Å². The highest BCUT2D eigenvalue weighted by atomic mass is 32.2. The van der Waals surface area contributed by atoms with Gasteiger partial charge in [0.05, 0.1) is 5.71 Å². The van der Waals surface area contributed by atoms with Crippen molar-refractivity contribution in [1.82, 2.24) is 5.48 Å². The number of hydrogen-bond acceptors (Lipinski definition) is 6. The van der Waals surface area contributed by atoms with E-state index in [1.165, 1.54) is 18.5 Å². The minimum Gasteiger partial charge on any atom is -0.392 e. The summed E-state index contributed by atoms with van der Waals surface area (Å²) in [7, 11) is -3.82. The van der Waals surface area contributed by atoms with Gasteiger partial charge in [0.2, 0.25) is 0 Å². The number of aryl methyl sites for hydroxylation is 1. The van der Waals surface area contributed by atoms with Gasteiger partial charge >= 0.3 is 0 Å². The number of sulfone groups is 1. The fourth-order valence-electron chi connectivity index (χ4n) is 2.69. The maximum absolute atomic E-state index is 13.9. The lowest BCUT2D eigenvalue weighted by atomic mass is 9.96. The summed E-state index contributed by atoms with van der Waals surface area (Å²) in [4.78, 5) is 17.1. The third kappa shape index (κ3) is 3.82. The van der Waals surface area contributed by atoms with Crippen LogP contribution < -0.4 is 5.48 Å². The van der Waals surface area contributed by atoms with Crippen LogP contribution in [0.2, 0.25) is 0 Å². The monoisotopic (exact) mass is 372 g/mol. The molecule has 1 aromatic rings. The smallest absolute Gasteiger partial charge is 0.264 e. The molecule has 0 saturated heterocycles. The van der Waals surface area contributed by atoms with E-state index in [0.29, 0.717) is 23.3 Å².